The van der Waals surface area contributed by atoms with Crippen LogP contribution in [0.4, 0.5) is 0 Å². The van der Waals surface area contributed by atoms with Crippen LogP contribution in [0.1, 0.15) is 76.7 Å². The lowest BCUT2D eigenvalue weighted by Gasteiger charge is -2.09. The largest absolute Gasteiger partial charge is 0.294 e. The average molecular weight is 377 g/mol. The van der Waals surface area contributed by atoms with Crippen molar-refractivity contribution in [1.82, 2.24) is 0 Å². The summed E-state index contributed by atoms with van der Waals surface area (Å²) in [5.74, 6) is 0. The minimum absolute atomic E-state index is 0.00159. The first-order valence-corrected chi connectivity index (χ1v) is 11.5. The lowest BCUT2D eigenvalue weighted by atomic mass is 9.99. The number of rotatable bonds is 12. The molecule has 0 amide bonds. The summed E-state index contributed by atoms with van der Waals surface area (Å²) < 4.78 is 32.4. The molecule has 0 atom stereocenters. The van der Waals surface area contributed by atoms with Gasteiger partial charge in [-0.05, 0) is 41.3 Å². The van der Waals surface area contributed by atoms with E-state index in [1.165, 1.54) is 57.8 Å². The number of unbranched alkanes of at least 4 members (excludes halogenated alkanes) is 9. The van der Waals surface area contributed by atoms with E-state index in [2.05, 4.69) is 6.92 Å². The fourth-order valence-corrected chi connectivity index (χ4v) is 4.09. The normalized spacial score (nSPS) is 11.9. The predicted molar refractivity (Wildman–Crippen MR) is 109 cm³/mol. The van der Waals surface area contributed by atoms with Gasteiger partial charge in [0.2, 0.25) is 0 Å². The molecule has 0 saturated carbocycles. The van der Waals surface area contributed by atoms with Gasteiger partial charge in [0.05, 0.1) is 4.90 Å². The average Bonchev–Trinajstić information content (AvgIpc) is 2.62. The monoisotopic (exact) mass is 376 g/mol. The Hall–Kier alpha value is -1.39. The lowest BCUT2D eigenvalue weighted by Crippen LogP contribution is -2.00. The van der Waals surface area contributed by atoms with Crippen molar-refractivity contribution in [2.24, 2.45) is 0 Å². The number of hydrogen-bond acceptors (Lipinski definition) is 2. The van der Waals surface area contributed by atoms with E-state index in [0.29, 0.717) is 0 Å². The maximum Gasteiger partial charge on any atom is 0.294 e. The van der Waals surface area contributed by atoms with Crippen LogP contribution in [0, 0.1) is 0 Å². The second-order valence-electron chi connectivity index (χ2n) is 7.21. The van der Waals surface area contributed by atoms with Crippen molar-refractivity contribution in [1.29, 1.82) is 0 Å². The molecule has 2 aromatic rings. The second-order valence-corrected chi connectivity index (χ2v) is 8.63. The van der Waals surface area contributed by atoms with Crippen LogP contribution < -0.4 is 0 Å². The Labute approximate surface area is 158 Å². The van der Waals surface area contributed by atoms with Crippen molar-refractivity contribution in [3.8, 4) is 0 Å². The molecular weight excluding hydrogens is 344 g/mol. The lowest BCUT2D eigenvalue weighted by molar-refractivity contribution is 0.483. The Balaban J connectivity index is 1.83. The molecule has 144 valence electrons. The molecule has 1 N–H and O–H groups in total. The molecule has 0 aliphatic carbocycles. The van der Waals surface area contributed by atoms with E-state index < -0.39 is 10.1 Å². The van der Waals surface area contributed by atoms with Gasteiger partial charge in [-0.1, -0.05) is 89.0 Å². The van der Waals surface area contributed by atoms with Crippen LogP contribution in [0.3, 0.4) is 0 Å². The molecule has 26 heavy (non-hydrogen) atoms. The maximum absolute atomic E-state index is 11.5. The SMILES string of the molecule is CCCCCCCCCCCCc1cc(S(=O)(=O)O)cc2ccccc12. The minimum atomic E-state index is -4.17. The van der Waals surface area contributed by atoms with Gasteiger partial charge in [-0.3, -0.25) is 4.55 Å². The Kier molecular flexibility index (Phi) is 8.60. The third-order valence-corrected chi connectivity index (χ3v) is 5.85. The van der Waals surface area contributed by atoms with Gasteiger partial charge in [-0.2, -0.15) is 8.42 Å². The standard InChI is InChI=1S/C22H32O3S/c1-2-3-4-5-6-7-8-9-10-11-14-19-17-21(26(23,24)25)18-20-15-12-13-16-22(19)20/h12-13,15-18H,2-11,14H2,1H3,(H,23,24,25). The van der Waals surface area contributed by atoms with E-state index in [9.17, 15) is 13.0 Å². The van der Waals surface area contributed by atoms with Crippen LogP contribution in [0.2, 0.25) is 0 Å². The Morgan fingerprint density at radius 3 is 2.00 bits per heavy atom. The topological polar surface area (TPSA) is 54.4 Å². The first-order valence-electron chi connectivity index (χ1n) is 10.0. The van der Waals surface area contributed by atoms with Gasteiger partial charge in [0.25, 0.3) is 10.1 Å². The highest BCUT2D eigenvalue weighted by molar-refractivity contribution is 7.85. The zero-order chi connectivity index (χ0) is 18.8. The van der Waals surface area contributed by atoms with Crippen molar-refractivity contribution < 1.29 is 13.0 Å². The second kappa shape index (κ2) is 10.7. The number of benzene rings is 2. The third-order valence-electron chi connectivity index (χ3n) is 5.02. The Bertz CT molecular complexity index is 781. The fourth-order valence-electron chi connectivity index (χ4n) is 3.52. The molecule has 0 aliphatic rings. The summed E-state index contributed by atoms with van der Waals surface area (Å²) in [7, 11) is -4.17. The molecule has 0 unspecified atom stereocenters. The molecular formula is C22H32O3S. The van der Waals surface area contributed by atoms with Crippen molar-refractivity contribution in [3.63, 3.8) is 0 Å². The van der Waals surface area contributed by atoms with Crippen LogP contribution in [0.5, 0.6) is 0 Å². The maximum atomic E-state index is 11.5. The minimum Gasteiger partial charge on any atom is -0.282 e. The van der Waals surface area contributed by atoms with Gasteiger partial charge in [-0.25, -0.2) is 0 Å². The third kappa shape index (κ3) is 6.73. The van der Waals surface area contributed by atoms with E-state index in [-0.39, 0.29) is 4.90 Å². The highest BCUT2D eigenvalue weighted by Crippen LogP contribution is 2.25. The Morgan fingerprint density at radius 2 is 1.38 bits per heavy atom. The highest BCUT2D eigenvalue weighted by atomic mass is 32.2. The van der Waals surface area contributed by atoms with Crippen LogP contribution >= 0.6 is 0 Å². The van der Waals surface area contributed by atoms with Gasteiger partial charge in [0.15, 0.2) is 0 Å². The fraction of sp³-hybridized carbons (Fsp3) is 0.545. The van der Waals surface area contributed by atoms with Gasteiger partial charge in [-0.15, -0.1) is 0 Å². The van der Waals surface area contributed by atoms with Crippen molar-refractivity contribution >= 4 is 20.9 Å². The molecule has 0 radical (unpaired) electrons. The number of fused-ring (bicyclic) bond motifs is 1. The number of hydrogen-bond donors (Lipinski definition) is 1. The van der Waals surface area contributed by atoms with Crippen LogP contribution in [-0.4, -0.2) is 13.0 Å². The molecule has 3 nitrogen and oxygen atoms in total. The molecule has 0 saturated heterocycles. The van der Waals surface area contributed by atoms with Crippen LogP contribution in [0.25, 0.3) is 10.8 Å². The molecule has 0 aromatic heterocycles. The summed E-state index contributed by atoms with van der Waals surface area (Å²) >= 11 is 0. The molecule has 2 aromatic carbocycles. The van der Waals surface area contributed by atoms with Gasteiger partial charge >= 0.3 is 0 Å². The van der Waals surface area contributed by atoms with Crippen molar-refractivity contribution in [2.45, 2.75) is 82.4 Å². The first kappa shape index (κ1) is 20.9. The molecule has 4 heteroatoms. The zero-order valence-corrected chi connectivity index (χ0v) is 16.7. The van der Waals surface area contributed by atoms with E-state index in [1.807, 2.05) is 24.3 Å². The summed E-state index contributed by atoms with van der Waals surface area (Å²) in [5.41, 5.74) is 1.01. The summed E-state index contributed by atoms with van der Waals surface area (Å²) in [6.07, 6.45) is 13.7. The molecule has 0 aliphatic heterocycles. The predicted octanol–water partition coefficient (Wildman–Crippen LogP) is 6.55. The molecule has 0 heterocycles. The summed E-state index contributed by atoms with van der Waals surface area (Å²) in [5, 5.41) is 1.94. The van der Waals surface area contributed by atoms with Crippen LogP contribution in [0.15, 0.2) is 41.3 Å². The van der Waals surface area contributed by atoms with Gasteiger partial charge in [0, 0.05) is 0 Å². The molecule has 2 rings (SSSR count). The van der Waals surface area contributed by atoms with E-state index >= 15 is 0 Å². The highest BCUT2D eigenvalue weighted by Gasteiger charge is 2.13. The molecule has 0 bridgehead atoms. The van der Waals surface area contributed by atoms with Crippen molar-refractivity contribution in [2.75, 3.05) is 0 Å². The van der Waals surface area contributed by atoms with E-state index in [4.69, 9.17) is 0 Å². The van der Waals surface area contributed by atoms with Crippen LogP contribution in [-0.2, 0) is 16.5 Å². The molecule has 0 fully saturated rings. The summed E-state index contributed by atoms with van der Waals surface area (Å²) in [4.78, 5) is -0.00159. The van der Waals surface area contributed by atoms with Crippen molar-refractivity contribution in [3.05, 3.63) is 42.0 Å². The Morgan fingerprint density at radius 1 is 0.808 bits per heavy atom. The van der Waals surface area contributed by atoms with E-state index in [1.54, 1.807) is 12.1 Å². The summed E-state index contributed by atoms with van der Waals surface area (Å²) in [6, 6.07) is 11.0. The smallest absolute Gasteiger partial charge is 0.282 e. The zero-order valence-electron chi connectivity index (χ0n) is 15.9. The first-order chi connectivity index (χ1) is 12.5. The molecule has 0 spiro atoms. The number of aryl methyl sites for hydroxylation is 1. The van der Waals surface area contributed by atoms with Gasteiger partial charge in [0.1, 0.15) is 0 Å². The van der Waals surface area contributed by atoms with E-state index in [0.717, 1.165) is 29.2 Å². The van der Waals surface area contributed by atoms with Gasteiger partial charge < -0.3 is 0 Å². The summed E-state index contributed by atoms with van der Waals surface area (Å²) in [6.45, 7) is 2.24. The quantitative estimate of drug-likeness (QED) is 0.337.